The lowest BCUT2D eigenvalue weighted by molar-refractivity contribution is 0.405. The Bertz CT molecular complexity index is 581. The number of anilines is 2. The van der Waals surface area contributed by atoms with Crippen molar-refractivity contribution in [1.29, 1.82) is 5.26 Å². The van der Waals surface area contributed by atoms with Gasteiger partial charge < -0.3 is 14.3 Å². The number of hydrogen-bond donors (Lipinski definition) is 0. The first kappa shape index (κ1) is 11.5. The molecule has 1 fully saturated rings. The summed E-state index contributed by atoms with van der Waals surface area (Å²) < 4.78 is 4.80. The third-order valence-electron chi connectivity index (χ3n) is 3.19. The second-order valence-corrected chi connectivity index (χ2v) is 4.32. The number of nitriles is 1. The molecule has 0 atom stereocenters. The van der Waals surface area contributed by atoms with E-state index in [2.05, 4.69) is 27.2 Å². The maximum atomic E-state index is 8.67. The van der Waals surface area contributed by atoms with Gasteiger partial charge in [0.05, 0.1) is 0 Å². The Kier molecular flexibility index (Phi) is 3.02. The highest BCUT2D eigenvalue weighted by molar-refractivity contribution is 5.48. The highest BCUT2D eigenvalue weighted by Crippen LogP contribution is 2.18. The van der Waals surface area contributed by atoms with Gasteiger partial charge in [0.15, 0.2) is 6.07 Å². The first-order valence-corrected chi connectivity index (χ1v) is 6.15. The van der Waals surface area contributed by atoms with Gasteiger partial charge in [0.2, 0.25) is 0 Å². The predicted octanol–water partition coefficient (Wildman–Crippen LogP) is 1.27. The average Bonchev–Trinajstić information content (AvgIpc) is 2.97. The van der Waals surface area contributed by atoms with E-state index in [1.165, 1.54) is 5.69 Å². The van der Waals surface area contributed by atoms with Gasteiger partial charge in [-0.15, -0.1) is 0 Å². The highest BCUT2D eigenvalue weighted by Gasteiger charge is 2.20. The van der Waals surface area contributed by atoms with Crippen molar-refractivity contribution in [1.82, 2.24) is 10.1 Å². The molecule has 1 saturated heterocycles. The summed E-state index contributed by atoms with van der Waals surface area (Å²) in [5.74, 6) is 0.518. The van der Waals surface area contributed by atoms with Crippen LogP contribution < -0.4 is 9.80 Å². The summed E-state index contributed by atoms with van der Waals surface area (Å²) in [6.45, 7) is 3.44. The number of benzene rings is 1. The minimum atomic E-state index is 0.0143. The van der Waals surface area contributed by atoms with Crippen molar-refractivity contribution >= 4 is 11.6 Å². The Morgan fingerprint density at radius 1 is 1.05 bits per heavy atom. The number of hydrogen-bond acceptors (Lipinski definition) is 6. The summed E-state index contributed by atoms with van der Waals surface area (Å²) in [4.78, 5) is 8.37. The Balaban J connectivity index is 1.65. The van der Waals surface area contributed by atoms with E-state index in [9.17, 15) is 0 Å². The van der Waals surface area contributed by atoms with Crippen molar-refractivity contribution in [2.75, 3.05) is 36.0 Å². The largest absolute Gasteiger partial charge is 0.368 e. The molecule has 96 valence electrons. The Hall–Kier alpha value is -2.55. The van der Waals surface area contributed by atoms with Gasteiger partial charge in [0.25, 0.3) is 5.95 Å². The molecule has 0 unspecified atom stereocenters. The predicted molar refractivity (Wildman–Crippen MR) is 69.9 cm³/mol. The molecule has 1 aromatic heterocycles. The second-order valence-electron chi connectivity index (χ2n) is 4.32. The van der Waals surface area contributed by atoms with Gasteiger partial charge in [0, 0.05) is 31.9 Å². The number of rotatable bonds is 2. The molecule has 6 nitrogen and oxygen atoms in total. The molecule has 0 saturated carbocycles. The van der Waals surface area contributed by atoms with E-state index < -0.39 is 0 Å². The molecule has 2 heterocycles. The third-order valence-corrected chi connectivity index (χ3v) is 3.19. The van der Waals surface area contributed by atoms with E-state index in [0.29, 0.717) is 5.95 Å². The minimum Gasteiger partial charge on any atom is -0.368 e. The standard InChI is InChI=1S/C13H13N5O/c14-10-12-15-13(16-19-12)18-8-6-17(7-9-18)11-4-2-1-3-5-11/h1-5H,6-9H2. The van der Waals surface area contributed by atoms with Crippen molar-refractivity contribution in [3.63, 3.8) is 0 Å². The molecule has 1 aliphatic heterocycles. The molecule has 6 heteroatoms. The molecule has 0 aliphatic carbocycles. The molecule has 0 N–H and O–H groups in total. The lowest BCUT2D eigenvalue weighted by Gasteiger charge is -2.35. The van der Waals surface area contributed by atoms with Crippen LogP contribution in [-0.4, -0.2) is 36.3 Å². The van der Waals surface area contributed by atoms with Crippen molar-refractivity contribution in [3.8, 4) is 6.07 Å². The SMILES string of the molecule is N#Cc1nc(N2CCN(c3ccccc3)CC2)no1. The van der Waals surface area contributed by atoms with Gasteiger partial charge in [-0.1, -0.05) is 18.2 Å². The normalized spacial score (nSPS) is 15.3. The van der Waals surface area contributed by atoms with E-state index in [-0.39, 0.29) is 5.89 Å². The van der Waals surface area contributed by atoms with Gasteiger partial charge in [0.1, 0.15) is 0 Å². The Morgan fingerprint density at radius 2 is 1.74 bits per heavy atom. The first-order chi connectivity index (χ1) is 9.36. The van der Waals surface area contributed by atoms with Crippen molar-refractivity contribution in [2.45, 2.75) is 0 Å². The summed E-state index contributed by atoms with van der Waals surface area (Å²) in [5, 5.41) is 12.5. The molecule has 0 radical (unpaired) electrons. The number of para-hydroxylation sites is 1. The summed E-state index contributed by atoms with van der Waals surface area (Å²) in [6, 6.07) is 12.2. The van der Waals surface area contributed by atoms with Crippen LogP contribution in [0.15, 0.2) is 34.9 Å². The van der Waals surface area contributed by atoms with E-state index in [1.807, 2.05) is 29.2 Å². The van der Waals surface area contributed by atoms with Crippen LogP contribution >= 0.6 is 0 Å². The summed E-state index contributed by atoms with van der Waals surface area (Å²) in [7, 11) is 0. The molecule has 0 amide bonds. The van der Waals surface area contributed by atoms with E-state index >= 15 is 0 Å². The maximum absolute atomic E-state index is 8.67. The smallest absolute Gasteiger partial charge is 0.330 e. The van der Waals surface area contributed by atoms with Crippen molar-refractivity contribution in [2.24, 2.45) is 0 Å². The van der Waals surface area contributed by atoms with Crippen molar-refractivity contribution < 1.29 is 4.52 Å². The highest BCUT2D eigenvalue weighted by atomic mass is 16.5. The molecule has 0 bridgehead atoms. The van der Waals surface area contributed by atoms with Gasteiger partial charge in [-0.05, 0) is 17.3 Å². The number of nitrogens with zero attached hydrogens (tertiary/aromatic N) is 5. The van der Waals surface area contributed by atoms with Gasteiger partial charge >= 0.3 is 5.89 Å². The lowest BCUT2D eigenvalue weighted by Crippen LogP contribution is -2.46. The van der Waals surface area contributed by atoms with Gasteiger partial charge in [-0.2, -0.15) is 10.2 Å². The van der Waals surface area contributed by atoms with Crippen LogP contribution in [0.2, 0.25) is 0 Å². The maximum Gasteiger partial charge on any atom is 0.330 e. The van der Waals surface area contributed by atoms with Crippen LogP contribution in [0.5, 0.6) is 0 Å². The quantitative estimate of drug-likeness (QED) is 0.804. The zero-order valence-electron chi connectivity index (χ0n) is 10.4. The molecule has 2 aromatic rings. The Labute approximate surface area is 110 Å². The molecule has 19 heavy (non-hydrogen) atoms. The summed E-state index contributed by atoms with van der Waals surface area (Å²) >= 11 is 0. The van der Waals surface area contributed by atoms with Gasteiger partial charge in [-0.3, -0.25) is 0 Å². The average molecular weight is 255 g/mol. The van der Waals surface area contributed by atoms with Crippen LogP contribution in [0.3, 0.4) is 0 Å². The molecule has 3 rings (SSSR count). The fraction of sp³-hybridized carbons (Fsp3) is 0.308. The van der Waals surface area contributed by atoms with Crippen LogP contribution in [-0.2, 0) is 0 Å². The van der Waals surface area contributed by atoms with Crippen LogP contribution in [0.1, 0.15) is 5.89 Å². The Morgan fingerprint density at radius 3 is 2.37 bits per heavy atom. The zero-order valence-corrected chi connectivity index (χ0v) is 10.4. The van der Waals surface area contributed by atoms with Gasteiger partial charge in [-0.25, -0.2) is 0 Å². The number of aromatic nitrogens is 2. The van der Waals surface area contributed by atoms with Crippen LogP contribution in [0.4, 0.5) is 11.6 Å². The summed E-state index contributed by atoms with van der Waals surface area (Å²) in [6.07, 6.45) is 0. The fourth-order valence-electron chi connectivity index (χ4n) is 2.19. The van der Waals surface area contributed by atoms with Crippen molar-refractivity contribution in [3.05, 3.63) is 36.2 Å². The molecule has 1 aliphatic rings. The van der Waals surface area contributed by atoms with Crippen LogP contribution in [0.25, 0.3) is 0 Å². The molecule has 0 spiro atoms. The zero-order chi connectivity index (χ0) is 13.1. The fourth-order valence-corrected chi connectivity index (χ4v) is 2.19. The molecule has 1 aromatic carbocycles. The van der Waals surface area contributed by atoms with E-state index in [0.717, 1.165) is 26.2 Å². The second kappa shape index (κ2) is 4.98. The lowest BCUT2D eigenvalue weighted by atomic mass is 10.2. The third kappa shape index (κ3) is 2.36. The van der Waals surface area contributed by atoms with E-state index in [4.69, 9.17) is 9.78 Å². The first-order valence-electron chi connectivity index (χ1n) is 6.15. The molecular formula is C13H13N5O. The summed E-state index contributed by atoms with van der Waals surface area (Å²) in [5.41, 5.74) is 1.23. The number of piperazine rings is 1. The van der Waals surface area contributed by atoms with Crippen LogP contribution in [0, 0.1) is 11.3 Å². The topological polar surface area (TPSA) is 69.2 Å². The minimum absolute atomic E-state index is 0.0143. The van der Waals surface area contributed by atoms with E-state index in [1.54, 1.807) is 0 Å². The monoisotopic (exact) mass is 255 g/mol. The molecular weight excluding hydrogens is 242 g/mol.